The van der Waals surface area contributed by atoms with Crippen LogP contribution in [0.2, 0.25) is 0 Å². The summed E-state index contributed by atoms with van der Waals surface area (Å²) < 4.78 is 0. The van der Waals surface area contributed by atoms with E-state index in [-0.39, 0.29) is 47.2 Å². The zero-order chi connectivity index (χ0) is 31.1. The Bertz CT molecular complexity index is 1360. The molecule has 3 aliphatic carbocycles. The number of likely N-dealkylation sites (N-methyl/N-ethyl adjacent to an activating group) is 1. The first-order valence-electron chi connectivity index (χ1n) is 14.6. The maximum absolute atomic E-state index is 13.8. The average Bonchev–Trinajstić information content (AvgIpc) is 2.91. The zero-order valence-corrected chi connectivity index (χ0v) is 24.9. The van der Waals surface area contributed by atoms with Gasteiger partial charge in [-0.3, -0.25) is 24.1 Å². The molecule has 42 heavy (non-hydrogen) atoms. The lowest BCUT2D eigenvalue weighted by molar-refractivity contribution is -0.142. The van der Waals surface area contributed by atoms with E-state index in [0.717, 1.165) is 38.6 Å². The second-order valence-electron chi connectivity index (χ2n) is 11.9. The summed E-state index contributed by atoms with van der Waals surface area (Å²) in [7, 11) is 3.28. The van der Waals surface area contributed by atoms with Crippen molar-refractivity contribution >= 4 is 23.4 Å². The molecule has 2 amide bonds. The molecular formula is C31H42N4O7. The fraction of sp³-hybridized carbons (Fsp3) is 0.548. The van der Waals surface area contributed by atoms with Gasteiger partial charge in [-0.1, -0.05) is 13.8 Å². The fourth-order valence-corrected chi connectivity index (χ4v) is 6.86. The number of aromatic hydroxyl groups is 1. The Morgan fingerprint density at radius 1 is 1.17 bits per heavy atom. The number of benzene rings is 1. The van der Waals surface area contributed by atoms with Crippen molar-refractivity contribution in [2.75, 3.05) is 33.7 Å². The molecule has 0 radical (unpaired) electrons. The van der Waals surface area contributed by atoms with Crippen molar-refractivity contribution in [3.8, 4) is 5.75 Å². The maximum Gasteiger partial charge on any atom is 0.255 e. The third-order valence-electron chi connectivity index (χ3n) is 9.09. The van der Waals surface area contributed by atoms with Gasteiger partial charge in [0.15, 0.2) is 11.4 Å². The van der Waals surface area contributed by atoms with Gasteiger partial charge in [0.25, 0.3) is 11.8 Å². The largest absolute Gasteiger partial charge is 0.510 e. The predicted octanol–water partition coefficient (Wildman–Crippen LogP) is 1.48. The summed E-state index contributed by atoms with van der Waals surface area (Å²) in [5.74, 6) is -5.40. The minimum atomic E-state index is -2.27. The average molecular weight is 583 g/mol. The van der Waals surface area contributed by atoms with Crippen LogP contribution in [0.25, 0.3) is 0 Å². The van der Waals surface area contributed by atoms with E-state index in [1.807, 2.05) is 6.92 Å². The second kappa shape index (κ2) is 12.0. The van der Waals surface area contributed by atoms with Crippen LogP contribution in [0.1, 0.15) is 66.3 Å². The highest BCUT2D eigenvalue weighted by Gasteiger charge is 2.59. The number of aliphatic hydroxyl groups is 2. The molecule has 1 aromatic carbocycles. The van der Waals surface area contributed by atoms with E-state index in [4.69, 9.17) is 5.73 Å². The Morgan fingerprint density at radius 3 is 2.43 bits per heavy atom. The van der Waals surface area contributed by atoms with Crippen LogP contribution >= 0.6 is 0 Å². The number of aliphatic hydroxyl groups excluding tert-OH is 1. The number of allylic oxidation sites excluding steroid dienone is 1. The van der Waals surface area contributed by atoms with Gasteiger partial charge < -0.3 is 31.3 Å². The lowest BCUT2D eigenvalue weighted by atomic mass is 9.59. The number of hydrogen-bond acceptors (Lipinski definition) is 9. The molecule has 0 aromatic heterocycles. The first kappa shape index (κ1) is 31.4. The molecule has 228 valence electrons. The first-order valence-corrected chi connectivity index (χ1v) is 14.6. The quantitative estimate of drug-likeness (QED) is 0.256. The number of phenolic OH excluding ortho intramolecular Hbond substituents is 1. The molecule has 11 nitrogen and oxygen atoms in total. The van der Waals surface area contributed by atoms with E-state index in [0.29, 0.717) is 5.56 Å². The Balaban J connectivity index is 1.66. The van der Waals surface area contributed by atoms with Gasteiger partial charge in [0, 0.05) is 23.1 Å². The van der Waals surface area contributed by atoms with Gasteiger partial charge in [0.05, 0.1) is 11.6 Å². The highest BCUT2D eigenvalue weighted by molar-refractivity contribution is 6.24. The molecule has 0 spiro atoms. The van der Waals surface area contributed by atoms with Crippen LogP contribution in [0.3, 0.4) is 0 Å². The summed E-state index contributed by atoms with van der Waals surface area (Å²) in [4.78, 5) is 56.6. The number of carbonyl (C=O) groups is 4. The maximum atomic E-state index is 13.8. The summed E-state index contributed by atoms with van der Waals surface area (Å²) in [6, 6.07) is 1.78. The number of fused-ring (bicyclic) bond motifs is 3. The SMILES string of the molecule is CCN(CC)CCCC(C)NC(=O)c1ccc(O)c2c1C[C@H]1C[C@H]3[C@H](N(C)C)C(O)=C(C(N)=O)C(=O)[C@@]3(O)C=C1C2=O. The number of ketones is 2. The van der Waals surface area contributed by atoms with Crippen LogP contribution in [0.15, 0.2) is 35.1 Å². The van der Waals surface area contributed by atoms with Crippen molar-refractivity contribution in [3.63, 3.8) is 0 Å². The fourth-order valence-electron chi connectivity index (χ4n) is 6.86. The van der Waals surface area contributed by atoms with Gasteiger partial charge in [-0.2, -0.15) is 0 Å². The van der Waals surface area contributed by atoms with Gasteiger partial charge in [0.1, 0.15) is 17.1 Å². The molecule has 0 saturated heterocycles. The number of Topliss-reactive ketones (excluding diaryl/α,β-unsaturated/α-hetero) is 2. The third-order valence-corrected chi connectivity index (χ3v) is 9.09. The summed E-state index contributed by atoms with van der Waals surface area (Å²) in [6.07, 6.45) is 3.17. The predicted molar refractivity (Wildman–Crippen MR) is 156 cm³/mol. The van der Waals surface area contributed by atoms with Gasteiger partial charge in [-0.25, -0.2) is 0 Å². The number of carbonyl (C=O) groups excluding carboxylic acids is 4. The lowest BCUT2D eigenvalue weighted by Crippen LogP contribution is -2.61. The molecule has 4 rings (SSSR count). The molecule has 1 aromatic rings. The number of primary amides is 1. The summed E-state index contributed by atoms with van der Waals surface area (Å²) in [5, 5.41) is 36.3. The number of hydrogen-bond donors (Lipinski definition) is 5. The van der Waals surface area contributed by atoms with Crippen LogP contribution in [0, 0.1) is 11.8 Å². The Labute approximate surface area is 246 Å². The Hall–Kier alpha value is -3.54. The molecule has 0 bridgehead atoms. The van der Waals surface area contributed by atoms with Gasteiger partial charge >= 0.3 is 0 Å². The van der Waals surface area contributed by atoms with Crippen LogP contribution in [0.4, 0.5) is 0 Å². The number of amides is 2. The molecule has 1 unspecified atom stereocenters. The molecule has 0 fully saturated rings. The monoisotopic (exact) mass is 582 g/mol. The van der Waals surface area contributed by atoms with Crippen molar-refractivity contribution < 1.29 is 34.5 Å². The molecule has 0 saturated carbocycles. The summed E-state index contributed by atoms with van der Waals surface area (Å²) in [5.41, 5.74) is 3.21. The second-order valence-corrected chi connectivity index (χ2v) is 11.9. The molecule has 0 aliphatic heterocycles. The van der Waals surface area contributed by atoms with E-state index < -0.39 is 52.3 Å². The first-order chi connectivity index (χ1) is 19.8. The molecular weight excluding hydrogens is 540 g/mol. The summed E-state index contributed by atoms with van der Waals surface area (Å²) in [6.45, 7) is 9.02. The van der Waals surface area contributed by atoms with Crippen LogP contribution in [-0.2, 0) is 16.0 Å². The van der Waals surface area contributed by atoms with E-state index in [2.05, 4.69) is 24.1 Å². The van der Waals surface area contributed by atoms with E-state index in [9.17, 15) is 34.5 Å². The Kier molecular flexibility index (Phi) is 8.96. The molecule has 0 heterocycles. The minimum absolute atomic E-state index is 0.0395. The highest BCUT2D eigenvalue weighted by atomic mass is 16.3. The van der Waals surface area contributed by atoms with Crippen LogP contribution in [0.5, 0.6) is 5.75 Å². The van der Waals surface area contributed by atoms with E-state index >= 15 is 0 Å². The van der Waals surface area contributed by atoms with Crippen LogP contribution < -0.4 is 11.1 Å². The topological polar surface area (TPSA) is 173 Å². The number of nitrogens with zero attached hydrogens (tertiary/aromatic N) is 2. The van der Waals surface area contributed by atoms with Crippen molar-refractivity contribution in [2.45, 2.75) is 64.1 Å². The summed E-state index contributed by atoms with van der Waals surface area (Å²) >= 11 is 0. The smallest absolute Gasteiger partial charge is 0.255 e. The Morgan fingerprint density at radius 2 is 1.83 bits per heavy atom. The third kappa shape index (κ3) is 5.36. The molecule has 11 heteroatoms. The molecule has 5 atom stereocenters. The minimum Gasteiger partial charge on any atom is -0.510 e. The number of phenols is 1. The number of nitrogens with one attached hydrogen (secondary N) is 1. The normalized spacial score (nSPS) is 26.0. The lowest BCUT2D eigenvalue weighted by Gasteiger charge is -2.49. The molecule has 6 N–H and O–H groups in total. The highest BCUT2D eigenvalue weighted by Crippen LogP contribution is 2.50. The van der Waals surface area contributed by atoms with Gasteiger partial charge in [-0.15, -0.1) is 0 Å². The van der Waals surface area contributed by atoms with Gasteiger partial charge in [-0.05, 0) is 96.0 Å². The van der Waals surface area contributed by atoms with Crippen molar-refractivity contribution in [2.24, 2.45) is 17.6 Å². The number of rotatable bonds is 10. The van der Waals surface area contributed by atoms with Crippen molar-refractivity contribution in [3.05, 3.63) is 51.8 Å². The van der Waals surface area contributed by atoms with E-state index in [1.165, 1.54) is 12.1 Å². The molecule has 3 aliphatic rings. The van der Waals surface area contributed by atoms with Crippen molar-refractivity contribution in [1.82, 2.24) is 15.1 Å². The zero-order valence-electron chi connectivity index (χ0n) is 24.9. The van der Waals surface area contributed by atoms with Gasteiger partial charge in [0.2, 0.25) is 5.78 Å². The van der Waals surface area contributed by atoms with Crippen LogP contribution in [-0.4, -0.2) is 99.9 Å². The van der Waals surface area contributed by atoms with E-state index in [1.54, 1.807) is 19.0 Å². The van der Waals surface area contributed by atoms with Crippen molar-refractivity contribution in [1.29, 1.82) is 0 Å². The number of nitrogens with two attached hydrogens (primary N) is 1. The standard InChI is InChI=1S/C31H42N4O7/c1-6-35(7-2)12-8-9-16(3)33-30(41)18-10-11-22(36)23-19(18)13-17-14-21-25(34(4)5)27(38)24(29(32)40)28(39)31(21,42)15-20(17)26(23)37/h10-11,15-17,21,25,36,38,42H,6-9,12-14H2,1-5H3,(H2,32,40)(H,33,41)/t16?,17-,21-,25-,31+/m0/s1.